The molecule has 1 N–H and O–H groups in total. The molecule has 7 rings (SSSR count). The van der Waals surface area contributed by atoms with Crippen LogP contribution in [0.25, 0.3) is 21.5 Å². The second-order valence-electron chi connectivity index (χ2n) is 12.9. The highest BCUT2D eigenvalue weighted by molar-refractivity contribution is 6.42. The Morgan fingerprint density at radius 2 is 1.25 bits per heavy atom. The van der Waals surface area contributed by atoms with E-state index >= 15 is 4.79 Å². The average Bonchev–Trinajstić information content (AvgIpc) is 3.15. The number of methoxy groups -OCH3 is 1. The average molecular weight is 754 g/mol. The Labute approximate surface area is 314 Å². The number of carbonyl (C=O) groups excluding carboxylic acids is 2. The van der Waals surface area contributed by atoms with Crippen LogP contribution in [0.2, 0.25) is 20.1 Å². The quantitative estimate of drug-likeness (QED) is 0.135. The molecule has 9 heteroatoms. The van der Waals surface area contributed by atoms with Crippen LogP contribution in [-0.2, 0) is 15.1 Å². The third-order valence-corrected chi connectivity index (χ3v) is 11.8. The highest BCUT2D eigenvalue weighted by atomic mass is 35.5. The van der Waals surface area contributed by atoms with Gasteiger partial charge in [-0.2, -0.15) is 5.26 Å². The molecule has 0 amide bonds. The van der Waals surface area contributed by atoms with Gasteiger partial charge in [0.1, 0.15) is 5.60 Å². The summed E-state index contributed by atoms with van der Waals surface area (Å²) in [4.78, 5) is 29.8. The predicted molar refractivity (Wildman–Crippen MR) is 203 cm³/mol. The molecule has 5 nitrogen and oxygen atoms in total. The fraction of sp³-hybridized carbons (Fsp3) is 0.167. The summed E-state index contributed by atoms with van der Waals surface area (Å²) >= 11 is 25.9. The van der Waals surface area contributed by atoms with Gasteiger partial charge in [-0.3, -0.25) is 9.59 Å². The summed E-state index contributed by atoms with van der Waals surface area (Å²) in [6.45, 7) is 0. The molecule has 6 aromatic carbocycles. The SMILES string of the molecule is COC(=O)[C@]1(C#N)[C@H](c2ccc(Cl)c(Cl)c2)C[C@](O)(c2ccc3ccccc3c2)[C@@H](C(=O)c2ccc3ccccc3c2)[C@@H]1c1ccc(Cl)c(Cl)c1. The first kappa shape index (κ1) is 35.0. The molecule has 6 aromatic rings. The Morgan fingerprint density at radius 3 is 1.84 bits per heavy atom. The predicted octanol–water partition coefficient (Wildman–Crippen LogP) is 10.9. The van der Waals surface area contributed by atoms with Crippen LogP contribution in [0.15, 0.2) is 121 Å². The number of nitrogens with zero attached hydrogens (tertiary/aromatic N) is 1. The minimum atomic E-state index is -2.08. The van der Waals surface area contributed by atoms with E-state index in [-0.39, 0.29) is 26.5 Å². The number of nitriles is 1. The molecule has 0 bridgehead atoms. The van der Waals surface area contributed by atoms with E-state index in [2.05, 4.69) is 6.07 Å². The summed E-state index contributed by atoms with van der Waals surface area (Å²) in [5.41, 5.74) is -2.51. The summed E-state index contributed by atoms with van der Waals surface area (Å²) in [6.07, 6.45) is -0.228. The van der Waals surface area contributed by atoms with Gasteiger partial charge >= 0.3 is 5.97 Å². The maximum absolute atomic E-state index is 15.4. The zero-order valence-corrected chi connectivity index (χ0v) is 30.1. The van der Waals surface area contributed by atoms with E-state index in [9.17, 15) is 15.2 Å². The second-order valence-corrected chi connectivity index (χ2v) is 14.6. The zero-order chi connectivity index (χ0) is 36.1. The fourth-order valence-electron chi connectivity index (χ4n) is 7.90. The van der Waals surface area contributed by atoms with Gasteiger partial charge in [-0.25, -0.2) is 0 Å². The van der Waals surface area contributed by atoms with Crippen molar-refractivity contribution >= 4 is 79.7 Å². The van der Waals surface area contributed by atoms with Crippen molar-refractivity contribution in [2.24, 2.45) is 11.3 Å². The van der Waals surface area contributed by atoms with Gasteiger partial charge in [0.2, 0.25) is 0 Å². The van der Waals surface area contributed by atoms with Gasteiger partial charge in [-0.1, -0.05) is 131 Å². The molecule has 0 heterocycles. The molecule has 0 aromatic heterocycles. The first-order valence-corrected chi connectivity index (χ1v) is 17.7. The van der Waals surface area contributed by atoms with Crippen LogP contribution < -0.4 is 0 Å². The molecule has 1 aliphatic rings. The van der Waals surface area contributed by atoms with Crippen LogP contribution >= 0.6 is 46.4 Å². The maximum atomic E-state index is 15.4. The summed E-state index contributed by atoms with van der Waals surface area (Å²) < 4.78 is 5.45. The van der Waals surface area contributed by atoms with Crippen molar-refractivity contribution in [3.05, 3.63) is 164 Å². The number of ether oxygens (including phenoxy) is 1. The Bertz CT molecular complexity index is 2410. The number of rotatable bonds is 6. The molecule has 0 saturated heterocycles. The third-order valence-electron chi connectivity index (χ3n) is 10.3. The van der Waals surface area contributed by atoms with Crippen molar-refractivity contribution < 1.29 is 19.4 Å². The van der Waals surface area contributed by atoms with Crippen LogP contribution in [0.4, 0.5) is 0 Å². The number of fused-ring (bicyclic) bond motifs is 2. The van der Waals surface area contributed by atoms with Crippen LogP contribution in [0.3, 0.4) is 0 Å². The van der Waals surface area contributed by atoms with Gasteiger partial charge < -0.3 is 9.84 Å². The molecule has 254 valence electrons. The second kappa shape index (κ2) is 13.6. The summed E-state index contributed by atoms with van der Waals surface area (Å²) in [7, 11) is 1.20. The molecule has 51 heavy (non-hydrogen) atoms. The van der Waals surface area contributed by atoms with Gasteiger partial charge in [0.25, 0.3) is 0 Å². The first-order chi connectivity index (χ1) is 24.5. The molecule has 0 radical (unpaired) electrons. The van der Waals surface area contributed by atoms with E-state index in [0.717, 1.165) is 21.5 Å². The smallest absolute Gasteiger partial charge is 0.327 e. The number of esters is 1. The first-order valence-electron chi connectivity index (χ1n) is 16.2. The van der Waals surface area contributed by atoms with Gasteiger partial charge in [0, 0.05) is 17.4 Å². The van der Waals surface area contributed by atoms with Crippen LogP contribution in [0.1, 0.15) is 45.3 Å². The molecule has 5 atom stereocenters. The van der Waals surface area contributed by atoms with Gasteiger partial charge in [-0.15, -0.1) is 0 Å². The molecule has 0 aliphatic heterocycles. The molecular formula is C42H29Cl4NO4. The fourth-order valence-corrected chi connectivity index (χ4v) is 8.52. The largest absolute Gasteiger partial charge is 0.468 e. The maximum Gasteiger partial charge on any atom is 0.327 e. The number of ketones is 1. The lowest BCUT2D eigenvalue weighted by Crippen LogP contribution is -2.59. The number of Topliss-reactive ketones (excluding diaryl/α,β-unsaturated/α-hetero) is 1. The van der Waals surface area contributed by atoms with E-state index in [0.29, 0.717) is 22.3 Å². The molecular weight excluding hydrogens is 724 g/mol. The standard InChI is InChI=1S/C42H29Cl4NO4/c1-51-40(49)41(23-47)32(28-13-16-33(43)35(45)20-28)22-42(50,31-15-12-25-7-3-5-9-27(25)19-31)38(37(41)29-14-17-34(44)36(46)21-29)39(48)30-11-10-24-6-2-4-8-26(24)18-30/h2-21,32,37-38,50H,22H2,1H3/t32-,37-,38+,41+,42-/m0/s1. The third kappa shape index (κ3) is 5.86. The van der Waals surface area contributed by atoms with E-state index in [1.807, 2.05) is 66.7 Å². The van der Waals surface area contributed by atoms with Crippen molar-refractivity contribution in [2.75, 3.05) is 7.11 Å². The number of carbonyl (C=O) groups is 2. The van der Waals surface area contributed by atoms with Crippen molar-refractivity contribution in [2.45, 2.75) is 23.9 Å². The van der Waals surface area contributed by atoms with E-state index in [1.165, 1.54) is 7.11 Å². The number of aliphatic hydroxyl groups is 1. The summed E-state index contributed by atoms with van der Waals surface area (Å²) in [6, 6.07) is 38.0. The summed E-state index contributed by atoms with van der Waals surface area (Å²) in [5, 5.41) is 29.2. The number of hydrogen-bond donors (Lipinski definition) is 1. The van der Waals surface area contributed by atoms with Crippen molar-refractivity contribution in [1.82, 2.24) is 0 Å². The zero-order valence-electron chi connectivity index (χ0n) is 27.1. The lowest BCUT2D eigenvalue weighted by atomic mass is 9.47. The van der Waals surface area contributed by atoms with E-state index in [4.69, 9.17) is 51.1 Å². The van der Waals surface area contributed by atoms with Crippen LogP contribution in [0.5, 0.6) is 0 Å². The molecule has 0 spiro atoms. The Balaban J connectivity index is 1.59. The van der Waals surface area contributed by atoms with E-state index < -0.39 is 40.5 Å². The lowest BCUT2D eigenvalue weighted by Gasteiger charge is -2.54. The molecule has 1 aliphatic carbocycles. The van der Waals surface area contributed by atoms with Gasteiger partial charge in [-0.05, 0) is 81.1 Å². The van der Waals surface area contributed by atoms with E-state index in [1.54, 1.807) is 54.6 Å². The highest BCUT2D eigenvalue weighted by Gasteiger charge is 2.67. The molecule has 1 saturated carbocycles. The van der Waals surface area contributed by atoms with Crippen molar-refractivity contribution in [1.29, 1.82) is 5.26 Å². The highest BCUT2D eigenvalue weighted by Crippen LogP contribution is 2.64. The number of halogens is 4. The molecule has 1 fully saturated rings. The Morgan fingerprint density at radius 1 is 0.706 bits per heavy atom. The normalized spacial score (nSPS) is 23.1. The number of benzene rings is 6. The van der Waals surface area contributed by atoms with Gasteiger partial charge in [0.15, 0.2) is 11.2 Å². The monoisotopic (exact) mass is 751 g/mol. The Hall–Kier alpha value is -4.41. The van der Waals surface area contributed by atoms with Crippen LogP contribution in [0, 0.1) is 22.7 Å². The topological polar surface area (TPSA) is 87.4 Å². The minimum absolute atomic E-state index is 0.147. The lowest BCUT2D eigenvalue weighted by molar-refractivity contribution is -0.162. The van der Waals surface area contributed by atoms with Crippen LogP contribution in [-0.4, -0.2) is 24.0 Å². The summed E-state index contributed by atoms with van der Waals surface area (Å²) in [5.74, 6) is -5.12. The van der Waals surface area contributed by atoms with Crippen molar-refractivity contribution in [3.8, 4) is 6.07 Å². The molecule has 0 unspecified atom stereocenters. The van der Waals surface area contributed by atoms with Crippen molar-refractivity contribution in [3.63, 3.8) is 0 Å². The number of hydrogen-bond acceptors (Lipinski definition) is 5. The van der Waals surface area contributed by atoms with Gasteiger partial charge in [0.05, 0.1) is 39.2 Å². The minimum Gasteiger partial charge on any atom is -0.468 e. The Kier molecular flexibility index (Phi) is 9.35.